The van der Waals surface area contributed by atoms with Crippen LogP contribution in [-0.4, -0.2) is 36.2 Å². The largest absolute Gasteiger partial charge is 0.391 e. The van der Waals surface area contributed by atoms with Crippen LogP contribution in [0.5, 0.6) is 0 Å². The summed E-state index contributed by atoms with van der Waals surface area (Å²) in [5, 5.41) is 17.9. The number of nitrogens with one attached hydrogen (secondary N) is 2. The summed E-state index contributed by atoms with van der Waals surface area (Å²) in [6, 6.07) is 0.106. The second-order valence-corrected chi connectivity index (χ2v) is 10.1. The highest BCUT2D eigenvalue weighted by atomic mass is 16.3. The van der Waals surface area contributed by atoms with Crippen molar-refractivity contribution in [1.82, 2.24) is 10.6 Å². The Morgan fingerprint density at radius 3 is 2.31 bits per heavy atom. The van der Waals surface area contributed by atoms with E-state index in [1.165, 1.54) is 38.5 Å². The predicted molar refractivity (Wildman–Crippen MR) is 124 cm³/mol. The van der Waals surface area contributed by atoms with Crippen LogP contribution in [0.2, 0.25) is 0 Å². The highest BCUT2D eigenvalue weighted by molar-refractivity contribution is 5.78. The van der Waals surface area contributed by atoms with Gasteiger partial charge in [0.25, 0.3) is 0 Å². The SMILES string of the molecule is CCCCNC(=O)[C@@H](C[C@H](O)[C@H](CC1CCCCC1)NCCCC(C)C)C(C)C. The maximum atomic E-state index is 12.7. The van der Waals surface area contributed by atoms with E-state index < -0.39 is 6.10 Å². The van der Waals surface area contributed by atoms with E-state index in [4.69, 9.17) is 0 Å². The highest BCUT2D eigenvalue weighted by Crippen LogP contribution is 2.29. The van der Waals surface area contributed by atoms with Crippen molar-refractivity contribution < 1.29 is 9.90 Å². The van der Waals surface area contributed by atoms with Gasteiger partial charge in [-0.2, -0.15) is 0 Å². The van der Waals surface area contributed by atoms with E-state index in [1.54, 1.807) is 0 Å². The van der Waals surface area contributed by atoms with E-state index in [0.29, 0.717) is 6.42 Å². The minimum atomic E-state index is -0.458. The zero-order chi connectivity index (χ0) is 21.6. The van der Waals surface area contributed by atoms with Gasteiger partial charge in [0.05, 0.1) is 6.10 Å². The Labute approximate surface area is 181 Å². The topological polar surface area (TPSA) is 61.4 Å². The van der Waals surface area contributed by atoms with E-state index in [1.807, 2.05) is 0 Å². The van der Waals surface area contributed by atoms with Gasteiger partial charge in [-0.05, 0) is 56.4 Å². The van der Waals surface area contributed by atoms with Crippen LogP contribution >= 0.6 is 0 Å². The molecule has 0 unspecified atom stereocenters. The lowest BCUT2D eigenvalue weighted by Gasteiger charge is -2.32. The summed E-state index contributed by atoms with van der Waals surface area (Å²) in [4.78, 5) is 12.7. The lowest BCUT2D eigenvalue weighted by atomic mass is 9.81. The molecule has 1 rings (SSSR count). The first-order valence-corrected chi connectivity index (χ1v) is 12.5. The van der Waals surface area contributed by atoms with Gasteiger partial charge in [0.2, 0.25) is 5.91 Å². The van der Waals surface area contributed by atoms with Crippen molar-refractivity contribution in [2.75, 3.05) is 13.1 Å². The first-order valence-electron chi connectivity index (χ1n) is 12.5. The Hall–Kier alpha value is -0.610. The van der Waals surface area contributed by atoms with Gasteiger partial charge < -0.3 is 15.7 Å². The molecule has 0 heterocycles. The molecule has 3 N–H and O–H groups in total. The van der Waals surface area contributed by atoms with E-state index in [2.05, 4.69) is 45.3 Å². The smallest absolute Gasteiger partial charge is 0.223 e. The first kappa shape index (κ1) is 26.4. The fourth-order valence-corrected chi connectivity index (χ4v) is 4.58. The summed E-state index contributed by atoms with van der Waals surface area (Å²) in [7, 11) is 0. The summed E-state index contributed by atoms with van der Waals surface area (Å²) >= 11 is 0. The molecular weight excluding hydrogens is 360 g/mol. The molecule has 4 nitrogen and oxygen atoms in total. The zero-order valence-corrected chi connectivity index (χ0v) is 20.0. The van der Waals surface area contributed by atoms with Crippen molar-refractivity contribution in [2.24, 2.45) is 23.7 Å². The number of hydrogen-bond acceptors (Lipinski definition) is 3. The van der Waals surface area contributed by atoms with Crippen molar-refractivity contribution in [3.63, 3.8) is 0 Å². The van der Waals surface area contributed by atoms with Crippen molar-refractivity contribution in [3.05, 3.63) is 0 Å². The number of carbonyl (C=O) groups is 1. The Morgan fingerprint density at radius 2 is 1.72 bits per heavy atom. The van der Waals surface area contributed by atoms with E-state index in [0.717, 1.165) is 50.6 Å². The van der Waals surface area contributed by atoms with Crippen LogP contribution in [0.1, 0.15) is 105 Å². The number of unbranched alkanes of at least 4 members (excludes halogenated alkanes) is 1. The van der Waals surface area contributed by atoms with Crippen molar-refractivity contribution in [2.45, 2.75) is 117 Å². The highest BCUT2D eigenvalue weighted by Gasteiger charge is 2.30. The standard InChI is InChI=1S/C25H50N2O2/c1-6-7-15-27-25(29)22(20(4)5)18-24(28)23(26-16-11-12-19(2)3)17-21-13-9-8-10-14-21/h19-24,26,28H,6-18H2,1-5H3,(H,27,29)/t22-,23-,24-/m0/s1. The quantitative estimate of drug-likeness (QED) is 0.321. The average Bonchev–Trinajstić information content (AvgIpc) is 2.68. The first-order chi connectivity index (χ1) is 13.8. The fraction of sp³-hybridized carbons (Fsp3) is 0.960. The van der Waals surface area contributed by atoms with Gasteiger partial charge in [-0.25, -0.2) is 0 Å². The van der Waals surface area contributed by atoms with Crippen LogP contribution < -0.4 is 10.6 Å². The molecule has 0 aromatic rings. The molecular formula is C25H50N2O2. The fourth-order valence-electron chi connectivity index (χ4n) is 4.58. The van der Waals surface area contributed by atoms with Gasteiger partial charge in [-0.1, -0.05) is 73.1 Å². The number of aliphatic hydroxyl groups is 1. The van der Waals surface area contributed by atoms with Crippen molar-refractivity contribution in [1.29, 1.82) is 0 Å². The summed E-state index contributed by atoms with van der Waals surface area (Å²) in [6.45, 7) is 12.6. The summed E-state index contributed by atoms with van der Waals surface area (Å²) in [6.07, 6.45) is 12.2. The Bertz CT molecular complexity index is 419. The maximum Gasteiger partial charge on any atom is 0.223 e. The number of carbonyl (C=O) groups excluding carboxylic acids is 1. The molecule has 1 aliphatic rings. The van der Waals surface area contributed by atoms with Crippen LogP contribution in [0, 0.1) is 23.7 Å². The van der Waals surface area contributed by atoms with Gasteiger partial charge in [-0.15, -0.1) is 0 Å². The molecule has 1 amide bonds. The number of hydrogen-bond donors (Lipinski definition) is 3. The maximum absolute atomic E-state index is 12.7. The number of rotatable bonds is 15. The zero-order valence-electron chi connectivity index (χ0n) is 20.0. The second-order valence-electron chi connectivity index (χ2n) is 10.1. The molecule has 0 aliphatic heterocycles. The minimum Gasteiger partial charge on any atom is -0.391 e. The van der Waals surface area contributed by atoms with Crippen LogP contribution in [0.25, 0.3) is 0 Å². The monoisotopic (exact) mass is 410 g/mol. The molecule has 29 heavy (non-hydrogen) atoms. The van der Waals surface area contributed by atoms with Gasteiger partial charge >= 0.3 is 0 Å². The molecule has 0 radical (unpaired) electrons. The van der Waals surface area contributed by atoms with Crippen LogP contribution in [0.4, 0.5) is 0 Å². The normalized spacial score (nSPS) is 18.8. The number of aliphatic hydroxyl groups excluding tert-OH is 1. The minimum absolute atomic E-state index is 0.106. The lowest BCUT2D eigenvalue weighted by molar-refractivity contribution is -0.127. The van der Waals surface area contributed by atoms with Crippen molar-refractivity contribution >= 4 is 5.91 Å². The molecule has 0 bridgehead atoms. The lowest BCUT2D eigenvalue weighted by Crippen LogP contribution is -2.45. The third-order valence-corrected chi connectivity index (χ3v) is 6.61. The third-order valence-electron chi connectivity index (χ3n) is 6.61. The Kier molecular flexibility index (Phi) is 13.9. The van der Waals surface area contributed by atoms with Gasteiger partial charge in [0, 0.05) is 18.5 Å². The van der Waals surface area contributed by atoms with Crippen LogP contribution in [-0.2, 0) is 4.79 Å². The predicted octanol–water partition coefficient (Wildman–Crippen LogP) is 5.29. The molecule has 1 fully saturated rings. The second kappa shape index (κ2) is 15.2. The van der Waals surface area contributed by atoms with Crippen LogP contribution in [0.15, 0.2) is 0 Å². The van der Waals surface area contributed by atoms with Crippen LogP contribution in [0.3, 0.4) is 0 Å². The van der Waals surface area contributed by atoms with Gasteiger partial charge in [0.15, 0.2) is 0 Å². The molecule has 0 saturated heterocycles. The molecule has 0 spiro atoms. The summed E-state index contributed by atoms with van der Waals surface area (Å²) < 4.78 is 0. The van der Waals surface area contributed by atoms with Gasteiger partial charge in [-0.3, -0.25) is 4.79 Å². The Morgan fingerprint density at radius 1 is 1.03 bits per heavy atom. The molecule has 172 valence electrons. The average molecular weight is 411 g/mol. The summed E-state index contributed by atoms with van der Waals surface area (Å²) in [5.41, 5.74) is 0. The molecule has 3 atom stereocenters. The van der Waals surface area contributed by atoms with E-state index in [-0.39, 0.29) is 23.8 Å². The third kappa shape index (κ3) is 11.4. The molecule has 1 saturated carbocycles. The van der Waals surface area contributed by atoms with Crippen molar-refractivity contribution in [3.8, 4) is 0 Å². The number of amides is 1. The summed E-state index contributed by atoms with van der Waals surface area (Å²) in [5.74, 6) is 1.67. The Balaban J connectivity index is 2.66. The molecule has 0 aromatic carbocycles. The molecule has 4 heteroatoms. The van der Waals surface area contributed by atoms with Gasteiger partial charge in [0.1, 0.15) is 0 Å². The van der Waals surface area contributed by atoms with E-state index in [9.17, 15) is 9.90 Å². The molecule has 1 aliphatic carbocycles. The molecule has 0 aromatic heterocycles. The van der Waals surface area contributed by atoms with E-state index >= 15 is 0 Å².